The smallest absolute Gasteiger partial charge is 0.191 e. The normalized spacial score (nSPS) is 20.7. The standard InChI is InChI=1S/C17H26N4OS/c18-17(21-7-11-23-12-8-21)19-13-15-3-1-2-4-16(15)14-20-5-9-22-10-6-20/h1-4H,5-14H2,(H2,18,19). The lowest BCUT2D eigenvalue weighted by molar-refractivity contribution is 0.0341. The van der Waals surface area contributed by atoms with Gasteiger partial charge in [-0.3, -0.25) is 4.90 Å². The maximum Gasteiger partial charge on any atom is 0.191 e. The van der Waals surface area contributed by atoms with Crippen molar-refractivity contribution < 1.29 is 4.74 Å². The Bertz CT molecular complexity index is 525. The van der Waals surface area contributed by atoms with E-state index in [1.807, 2.05) is 11.8 Å². The Morgan fingerprint density at radius 2 is 1.78 bits per heavy atom. The molecule has 2 fully saturated rings. The van der Waals surface area contributed by atoms with Crippen LogP contribution in [0.4, 0.5) is 0 Å². The monoisotopic (exact) mass is 334 g/mol. The van der Waals surface area contributed by atoms with Crippen molar-refractivity contribution in [3.8, 4) is 0 Å². The molecule has 1 aromatic rings. The number of morpholine rings is 1. The minimum Gasteiger partial charge on any atom is -0.379 e. The third-order valence-electron chi connectivity index (χ3n) is 4.36. The van der Waals surface area contributed by atoms with Gasteiger partial charge in [0.1, 0.15) is 0 Å². The number of aliphatic imine (C=N–C) groups is 1. The summed E-state index contributed by atoms with van der Waals surface area (Å²) < 4.78 is 5.43. The van der Waals surface area contributed by atoms with Gasteiger partial charge in [-0.15, -0.1) is 0 Å². The molecule has 0 aliphatic carbocycles. The molecule has 2 saturated heterocycles. The zero-order valence-electron chi connectivity index (χ0n) is 13.6. The lowest BCUT2D eigenvalue weighted by atomic mass is 10.1. The summed E-state index contributed by atoms with van der Waals surface area (Å²) in [6.45, 7) is 7.33. The molecule has 0 amide bonds. The van der Waals surface area contributed by atoms with Gasteiger partial charge in [-0.2, -0.15) is 11.8 Å². The van der Waals surface area contributed by atoms with E-state index in [0.717, 1.165) is 57.4 Å². The van der Waals surface area contributed by atoms with E-state index < -0.39 is 0 Å². The molecule has 3 rings (SSSR count). The summed E-state index contributed by atoms with van der Waals surface area (Å²) in [5.74, 6) is 2.97. The summed E-state index contributed by atoms with van der Waals surface area (Å²) in [5, 5.41) is 0. The first-order chi connectivity index (χ1) is 11.3. The molecule has 0 unspecified atom stereocenters. The SMILES string of the molecule is NC(=NCc1ccccc1CN1CCOCC1)N1CCSCC1. The second kappa shape index (κ2) is 8.57. The summed E-state index contributed by atoms with van der Waals surface area (Å²) >= 11 is 1.98. The van der Waals surface area contributed by atoms with Gasteiger partial charge >= 0.3 is 0 Å². The van der Waals surface area contributed by atoms with Crippen LogP contribution in [0.1, 0.15) is 11.1 Å². The highest BCUT2D eigenvalue weighted by Crippen LogP contribution is 2.15. The summed E-state index contributed by atoms with van der Waals surface area (Å²) in [6.07, 6.45) is 0. The van der Waals surface area contributed by atoms with Gasteiger partial charge in [-0.05, 0) is 11.1 Å². The van der Waals surface area contributed by atoms with Gasteiger partial charge < -0.3 is 15.4 Å². The van der Waals surface area contributed by atoms with Crippen LogP contribution in [0.2, 0.25) is 0 Å². The van der Waals surface area contributed by atoms with Gasteiger partial charge in [-0.25, -0.2) is 4.99 Å². The summed E-state index contributed by atoms with van der Waals surface area (Å²) in [4.78, 5) is 9.28. The highest BCUT2D eigenvalue weighted by molar-refractivity contribution is 7.99. The number of hydrogen-bond donors (Lipinski definition) is 1. The molecule has 0 aromatic heterocycles. The van der Waals surface area contributed by atoms with Crippen molar-refractivity contribution in [2.45, 2.75) is 13.1 Å². The largest absolute Gasteiger partial charge is 0.379 e. The maximum atomic E-state index is 6.17. The fourth-order valence-corrected chi connectivity index (χ4v) is 3.83. The summed E-state index contributed by atoms with van der Waals surface area (Å²) in [5.41, 5.74) is 8.79. The number of thioether (sulfide) groups is 1. The number of rotatable bonds is 4. The Hall–Kier alpha value is -1.24. The first-order valence-corrected chi connectivity index (χ1v) is 9.48. The van der Waals surface area contributed by atoms with E-state index in [2.05, 4.69) is 39.1 Å². The first kappa shape index (κ1) is 16.6. The Morgan fingerprint density at radius 1 is 1.09 bits per heavy atom. The number of ether oxygens (including phenoxy) is 1. The Balaban J connectivity index is 1.62. The summed E-state index contributed by atoms with van der Waals surface area (Å²) in [6, 6.07) is 8.56. The van der Waals surface area contributed by atoms with Crippen molar-refractivity contribution in [3.63, 3.8) is 0 Å². The van der Waals surface area contributed by atoms with Gasteiger partial charge in [0.15, 0.2) is 5.96 Å². The molecule has 23 heavy (non-hydrogen) atoms. The van der Waals surface area contributed by atoms with Crippen molar-refractivity contribution in [2.24, 2.45) is 10.7 Å². The van der Waals surface area contributed by atoms with Crippen LogP contribution in [0, 0.1) is 0 Å². The van der Waals surface area contributed by atoms with Crippen molar-refractivity contribution >= 4 is 17.7 Å². The van der Waals surface area contributed by atoms with Crippen LogP contribution in [0.25, 0.3) is 0 Å². The zero-order valence-corrected chi connectivity index (χ0v) is 14.4. The Labute approximate surface area is 142 Å². The van der Waals surface area contributed by atoms with Crippen LogP contribution < -0.4 is 5.73 Å². The molecule has 1 aromatic carbocycles. The van der Waals surface area contributed by atoms with Crippen LogP contribution in [0.5, 0.6) is 0 Å². The zero-order chi connectivity index (χ0) is 15.9. The van der Waals surface area contributed by atoms with Gasteiger partial charge in [-0.1, -0.05) is 24.3 Å². The van der Waals surface area contributed by atoms with Crippen LogP contribution in [0.15, 0.2) is 29.3 Å². The van der Waals surface area contributed by atoms with E-state index in [9.17, 15) is 0 Å². The van der Waals surface area contributed by atoms with E-state index in [1.165, 1.54) is 11.1 Å². The minimum atomic E-state index is 0.663. The molecule has 2 N–H and O–H groups in total. The molecule has 0 spiro atoms. The van der Waals surface area contributed by atoms with Gasteiger partial charge in [0.2, 0.25) is 0 Å². The lowest BCUT2D eigenvalue weighted by Crippen LogP contribution is -2.42. The topological polar surface area (TPSA) is 54.1 Å². The number of hydrogen-bond acceptors (Lipinski definition) is 4. The molecule has 5 nitrogen and oxygen atoms in total. The number of benzene rings is 1. The summed E-state index contributed by atoms with van der Waals surface area (Å²) in [7, 11) is 0. The molecular formula is C17H26N4OS. The quantitative estimate of drug-likeness (QED) is 0.666. The van der Waals surface area contributed by atoms with Crippen LogP contribution in [0.3, 0.4) is 0 Å². The Morgan fingerprint density at radius 3 is 2.52 bits per heavy atom. The minimum absolute atomic E-state index is 0.663. The predicted molar refractivity (Wildman–Crippen MR) is 96.8 cm³/mol. The van der Waals surface area contributed by atoms with Crippen molar-refractivity contribution in [3.05, 3.63) is 35.4 Å². The molecule has 0 bridgehead atoms. The molecule has 6 heteroatoms. The third-order valence-corrected chi connectivity index (χ3v) is 5.31. The first-order valence-electron chi connectivity index (χ1n) is 8.32. The fourth-order valence-electron chi connectivity index (χ4n) is 2.92. The van der Waals surface area contributed by atoms with Crippen LogP contribution in [-0.4, -0.2) is 66.7 Å². The fraction of sp³-hybridized carbons (Fsp3) is 0.588. The van der Waals surface area contributed by atoms with E-state index in [4.69, 9.17) is 10.5 Å². The van der Waals surface area contributed by atoms with Gasteiger partial charge in [0.05, 0.1) is 19.8 Å². The lowest BCUT2D eigenvalue weighted by Gasteiger charge is -2.28. The van der Waals surface area contributed by atoms with E-state index in [1.54, 1.807) is 0 Å². The molecule has 0 saturated carbocycles. The molecule has 0 atom stereocenters. The van der Waals surface area contributed by atoms with E-state index >= 15 is 0 Å². The van der Waals surface area contributed by atoms with Crippen molar-refractivity contribution in [2.75, 3.05) is 50.9 Å². The molecular weight excluding hydrogens is 308 g/mol. The van der Waals surface area contributed by atoms with E-state index in [-0.39, 0.29) is 0 Å². The third kappa shape index (κ3) is 4.86. The van der Waals surface area contributed by atoms with Crippen molar-refractivity contribution in [1.82, 2.24) is 9.80 Å². The predicted octanol–water partition coefficient (Wildman–Crippen LogP) is 1.38. The molecule has 2 aliphatic heterocycles. The van der Waals surface area contributed by atoms with Gasteiger partial charge in [0, 0.05) is 44.2 Å². The van der Waals surface area contributed by atoms with Crippen LogP contribution >= 0.6 is 11.8 Å². The van der Waals surface area contributed by atoms with Gasteiger partial charge in [0.25, 0.3) is 0 Å². The molecule has 0 radical (unpaired) electrons. The highest BCUT2D eigenvalue weighted by Gasteiger charge is 2.14. The molecule has 2 heterocycles. The van der Waals surface area contributed by atoms with Crippen molar-refractivity contribution in [1.29, 1.82) is 0 Å². The van der Waals surface area contributed by atoms with Crippen LogP contribution in [-0.2, 0) is 17.8 Å². The maximum absolute atomic E-state index is 6.17. The number of nitrogens with two attached hydrogens (primary N) is 1. The highest BCUT2D eigenvalue weighted by atomic mass is 32.2. The molecule has 126 valence electrons. The molecule has 2 aliphatic rings. The average molecular weight is 334 g/mol. The average Bonchev–Trinajstić information content (AvgIpc) is 2.62. The van der Waals surface area contributed by atoms with E-state index in [0.29, 0.717) is 12.5 Å². The number of guanidine groups is 1. The second-order valence-corrected chi connectivity index (χ2v) is 7.16. The number of nitrogens with zero attached hydrogens (tertiary/aromatic N) is 3. The second-order valence-electron chi connectivity index (χ2n) is 5.93. The Kier molecular flexibility index (Phi) is 6.19.